The van der Waals surface area contributed by atoms with Crippen LogP contribution in [0.25, 0.3) is 0 Å². The molecular formula is C16H16ClO. The van der Waals surface area contributed by atoms with Crippen LogP contribution in [-0.2, 0) is 16.8 Å². The van der Waals surface area contributed by atoms with Crippen LogP contribution >= 0.6 is 11.6 Å². The molecule has 0 unspecified atom stereocenters. The molecule has 2 rings (SSSR count). The molecule has 0 amide bonds. The first-order chi connectivity index (χ1) is 8.70. The third-order valence-electron chi connectivity index (χ3n) is 3.15. The fraction of sp³-hybridized carbons (Fsp3) is 0.188. The lowest BCUT2D eigenvalue weighted by molar-refractivity contribution is 0.184. The third-order valence-corrected chi connectivity index (χ3v) is 3.46. The van der Waals surface area contributed by atoms with Gasteiger partial charge < -0.3 is 4.74 Å². The molecule has 0 fully saturated rings. The Balaban J connectivity index is 2.56. The zero-order chi connectivity index (χ0) is 13.0. The summed E-state index contributed by atoms with van der Waals surface area (Å²) in [6.45, 7) is 4.50. The van der Waals surface area contributed by atoms with Gasteiger partial charge in [0.1, 0.15) is 0 Å². The lowest BCUT2D eigenvalue weighted by Crippen LogP contribution is -2.24. The summed E-state index contributed by atoms with van der Waals surface area (Å²) in [5, 5.41) is 0.589. The summed E-state index contributed by atoms with van der Waals surface area (Å²) in [6, 6.07) is 8.14. The molecule has 0 heterocycles. The van der Waals surface area contributed by atoms with Gasteiger partial charge in [0, 0.05) is 18.6 Å². The van der Waals surface area contributed by atoms with Gasteiger partial charge in [-0.05, 0) is 11.1 Å². The first-order valence-electron chi connectivity index (χ1n) is 5.83. The predicted molar refractivity (Wildman–Crippen MR) is 76.4 cm³/mol. The molecule has 0 aliphatic heterocycles. The molecule has 1 aromatic rings. The van der Waals surface area contributed by atoms with Crippen LogP contribution in [0, 0.1) is 6.42 Å². The number of allylic oxidation sites excluding steroid dienone is 5. The largest absolute Gasteiger partial charge is 0.380 e. The van der Waals surface area contributed by atoms with Gasteiger partial charge in [-0.15, -0.1) is 0 Å². The summed E-state index contributed by atoms with van der Waals surface area (Å²) >= 11 is 6.27. The van der Waals surface area contributed by atoms with Gasteiger partial charge in [-0.1, -0.05) is 66.7 Å². The zero-order valence-electron chi connectivity index (χ0n) is 10.4. The minimum atomic E-state index is -0.439. The quantitative estimate of drug-likeness (QED) is 0.789. The van der Waals surface area contributed by atoms with Crippen LogP contribution in [0.2, 0.25) is 0 Å². The zero-order valence-corrected chi connectivity index (χ0v) is 11.2. The Kier molecular flexibility index (Phi) is 4.05. The minimum absolute atomic E-state index is 0.439. The van der Waals surface area contributed by atoms with Crippen molar-refractivity contribution < 1.29 is 4.74 Å². The molecule has 2 heteroatoms. The Morgan fingerprint density at radius 1 is 1.28 bits per heavy atom. The average Bonchev–Trinajstić information content (AvgIpc) is 2.40. The van der Waals surface area contributed by atoms with Crippen molar-refractivity contribution in [1.29, 1.82) is 0 Å². The summed E-state index contributed by atoms with van der Waals surface area (Å²) in [5.74, 6) is 0. The SMILES string of the molecule is C=C(Cl)C1(c2ccccc2COC)C=C[CH]C=C1. The van der Waals surface area contributed by atoms with E-state index < -0.39 is 5.41 Å². The monoisotopic (exact) mass is 259 g/mol. The fourth-order valence-electron chi connectivity index (χ4n) is 2.25. The molecule has 0 atom stereocenters. The Labute approximate surface area is 113 Å². The second-order valence-electron chi connectivity index (χ2n) is 4.27. The van der Waals surface area contributed by atoms with E-state index in [2.05, 4.69) is 30.9 Å². The van der Waals surface area contributed by atoms with Gasteiger partial charge in [-0.3, -0.25) is 0 Å². The summed E-state index contributed by atoms with van der Waals surface area (Å²) in [7, 11) is 1.69. The first kappa shape index (κ1) is 13.1. The smallest absolute Gasteiger partial charge is 0.0716 e. The molecule has 0 aromatic heterocycles. The Morgan fingerprint density at radius 3 is 2.56 bits per heavy atom. The number of rotatable bonds is 4. The van der Waals surface area contributed by atoms with E-state index in [1.807, 2.05) is 30.7 Å². The van der Waals surface area contributed by atoms with Crippen molar-refractivity contribution >= 4 is 11.6 Å². The van der Waals surface area contributed by atoms with Gasteiger partial charge in [-0.25, -0.2) is 0 Å². The highest BCUT2D eigenvalue weighted by molar-refractivity contribution is 6.31. The van der Waals surface area contributed by atoms with Gasteiger partial charge in [-0.2, -0.15) is 0 Å². The molecule has 1 aliphatic rings. The number of hydrogen-bond donors (Lipinski definition) is 0. The van der Waals surface area contributed by atoms with Crippen molar-refractivity contribution in [1.82, 2.24) is 0 Å². The van der Waals surface area contributed by atoms with Crippen LogP contribution in [0.4, 0.5) is 0 Å². The van der Waals surface area contributed by atoms with Gasteiger partial charge in [0.2, 0.25) is 0 Å². The van der Waals surface area contributed by atoms with Crippen molar-refractivity contribution in [2.24, 2.45) is 0 Å². The molecule has 93 valence electrons. The van der Waals surface area contributed by atoms with Crippen molar-refractivity contribution in [2.45, 2.75) is 12.0 Å². The van der Waals surface area contributed by atoms with E-state index >= 15 is 0 Å². The maximum absolute atomic E-state index is 6.27. The van der Waals surface area contributed by atoms with E-state index in [1.165, 1.54) is 0 Å². The molecule has 0 saturated carbocycles. The lowest BCUT2D eigenvalue weighted by atomic mass is 9.75. The number of methoxy groups -OCH3 is 1. The molecule has 1 aliphatic carbocycles. The van der Waals surface area contributed by atoms with Crippen molar-refractivity contribution in [3.05, 3.63) is 77.7 Å². The van der Waals surface area contributed by atoms with Crippen LogP contribution < -0.4 is 0 Å². The normalized spacial score (nSPS) is 16.8. The lowest BCUT2D eigenvalue weighted by Gasteiger charge is -2.31. The average molecular weight is 260 g/mol. The minimum Gasteiger partial charge on any atom is -0.380 e. The Morgan fingerprint density at radius 2 is 1.94 bits per heavy atom. The molecule has 1 nitrogen and oxygen atoms in total. The molecular weight excluding hydrogens is 244 g/mol. The molecule has 0 spiro atoms. The van der Waals surface area contributed by atoms with Crippen LogP contribution in [0.3, 0.4) is 0 Å². The summed E-state index contributed by atoms with van der Waals surface area (Å²) in [5.41, 5.74) is 1.80. The predicted octanol–water partition coefficient (Wildman–Crippen LogP) is 4.15. The van der Waals surface area contributed by atoms with E-state index in [4.69, 9.17) is 16.3 Å². The maximum atomic E-state index is 6.27. The van der Waals surface area contributed by atoms with Crippen molar-refractivity contribution in [2.75, 3.05) is 7.11 Å². The van der Waals surface area contributed by atoms with Crippen LogP contribution in [0.5, 0.6) is 0 Å². The van der Waals surface area contributed by atoms with Gasteiger partial charge in [0.05, 0.1) is 12.0 Å². The molecule has 0 bridgehead atoms. The van der Waals surface area contributed by atoms with Gasteiger partial charge in [0.25, 0.3) is 0 Å². The fourth-order valence-corrected chi connectivity index (χ4v) is 2.47. The summed E-state index contributed by atoms with van der Waals surface area (Å²) in [6.07, 6.45) is 10.1. The molecule has 1 radical (unpaired) electrons. The molecule has 0 saturated heterocycles. The van der Waals surface area contributed by atoms with Gasteiger partial charge in [0.15, 0.2) is 0 Å². The number of ether oxygens (including phenoxy) is 1. The van der Waals surface area contributed by atoms with Gasteiger partial charge >= 0.3 is 0 Å². The highest BCUT2D eigenvalue weighted by Crippen LogP contribution is 2.40. The van der Waals surface area contributed by atoms with E-state index in [0.29, 0.717) is 11.6 Å². The van der Waals surface area contributed by atoms with E-state index in [9.17, 15) is 0 Å². The topological polar surface area (TPSA) is 9.23 Å². The van der Waals surface area contributed by atoms with Crippen molar-refractivity contribution in [3.63, 3.8) is 0 Å². The summed E-state index contributed by atoms with van der Waals surface area (Å²) < 4.78 is 5.26. The van der Waals surface area contributed by atoms with E-state index in [-0.39, 0.29) is 0 Å². The van der Waals surface area contributed by atoms with E-state index in [0.717, 1.165) is 11.1 Å². The first-order valence-corrected chi connectivity index (χ1v) is 6.21. The Hall–Kier alpha value is -1.31. The number of hydrogen-bond acceptors (Lipinski definition) is 1. The second-order valence-corrected chi connectivity index (χ2v) is 4.73. The second kappa shape index (κ2) is 5.55. The molecule has 18 heavy (non-hydrogen) atoms. The van der Waals surface area contributed by atoms with Crippen LogP contribution in [-0.4, -0.2) is 7.11 Å². The molecule has 1 aromatic carbocycles. The number of benzene rings is 1. The molecule has 0 N–H and O–H groups in total. The maximum Gasteiger partial charge on any atom is 0.0716 e. The van der Waals surface area contributed by atoms with Crippen LogP contribution in [0.1, 0.15) is 11.1 Å². The van der Waals surface area contributed by atoms with E-state index in [1.54, 1.807) is 7.11 Å². The number of halogens is 1. The highest BCUT2D eigenvalue weighted by atomic mass is 35.5. The Bertz CT molecular complexity index is 488. The standard InChI is InChI=1S/C16H16ClO/c1-13(17)16(10-6-3-7-11-16)15-9-5-4-8-14(15)12-18-2/h3-11H,1,12H2,2H3. The van der Waals surface area contributed by atoms with Crippen molar-refractivity contribution in [3.8, 4) is 0 Å². The summed E-state index contributed by atoms with van der Waals surface area (Å²) in [4.78, 5) is 0. The van der Waals surface area contributed by atoms with Crippen LogP contribution in [0.15, 0.2) is 60.2 Å². The highest BCUT2D eigenvalue weighted by Gasteiger charge is 2.32. The third kappa shape index (κ3) is 2.29.